The Morgan fingerprint density at radius 2 is 1.72 bits per heavy atom. The molecule has 1 saturated heterocycles. The lowest BCUT2D eigenvalue weighted by atomic mass is 10.1. The molecule has 2 aromatic rings. The predicted octanol–water partition coefficient (Wildman–Crippen LogP) is 4.39. The van der Waals surface area contributed by atoms with Crippen LogP contribution >= 0.6 is 23.2 Å². The number of carbonyl (C=O) groups is 1. The molecule has 0 aliphatic carbocycles. The highest BCUT2D eigenvalue weighted by atomic mass is 35.5. The molecule has 6 nitrogen and oxygen atoms in total. The van der Waals surface area contributed by atoms with Crippen molar-refractivity contribution in [3.63, 3.8) is 0 Å². The van der Waals surface area contributed by atoms with E-state index in [2.05, 4.69) is 10.2 Å². The van der Waals surface area contributed by atoms with Crippen LogP contribution in [-0.2, 0) is 14.8 Å². The molecule has 1 heterocycles. The molecule has 1 aliphatic heterocycles. The van der Waals surface area contributed by atoms with Crippen LogP contribution in [0.1, 0.15) is 19.3 Å². The van der Waals surface area contributed by atoms with E-state index in [1.807, 2.05) is 24.3 Å². The van der Waals surface area contributed by atoms with Gasteiger partial charge in [0.15, 0.2) is 0 Å². The lowest BCUT2D eigenvalue weighted by molar-refractivity contribution is -0.114. The van der Waals surface area contributed by atoms with Crippen LogP contribution in [0.2, 0.25) is 10.0 Å². The number of nitrogens with zero attached hydrogens (tertiary/aromatic N) is 2. The molecule has 1 N–H and O–H groups in total. The predicted molar refractivity (Wildman–Crippen MR) is 120 cm³/mol. The van der Waals surface area contributed by atoms with Crippen LogP contribution in [0.5, 0.6) is 0 Å². The van der Waals surface area contributed by atoms with Gasteiger partial charge < -0.3 is 10.2 Å². The van der Waals surface area contributed by atoms with Crippen LogP contribution in [0.25, 0.3) is 0 Å². The minimum atomic E-state index is -3.72. The summed E-state index contributed by atoms with van der Waals surface area (Å²) in [5.41, 5.74) is 1.92. The molecule has 0 bridgehead atoms. The molecule has 1 fully saturated rings. The Bertz CT molecular complexity index is 975. The molecule has 1 aliphatic rings. The van der Waals surface area contributed by atoms with Crippen LogP contribution in [0.3, 0.4) is 0 Å². The number of piperidine rings is 1. The summed E-state index contributed by atoms with van der Waals surface area (Å²) < 4.78 is 25.4. The first-order valence-electron chi connectivity index (χ1n) is 9.32. The molecule has 0 spiro atoms. The number of rotatable bonds is 6. The lowest BCUT2D eigenvalue weighted by Crippen LogP contribution is -2.37. The molecule has 0 saturated carbocycles. The zero-order valence-electron chi connectivity index (χ0n) is 16.1. The van der Waals surface area contributed by atoms with E-state index >= 15 is 0 Å². The third kappa shape index (κ3) is 5.78. The van der Waals surface area contributed by atoms with Crippen LogP contribution in [-0.4, -0.2) is 40.2 Å². The Hall–Kier alpha value is -1.96. The maximum Gasteiger partial charge on any atom is 0.245 e. The first-order valence-corrected chi connectivity index (χ1v) is 11.9. The molecule has 0 unspecified atom stereocenters. The zero-order valence-corrected chi connectivity index (χ0v) is 18.4. The van der Waals surface area contributed by atoms with Gasteiger partial charge in [0.2, 0.25) is 15.9 Å². The third-order valence-electron chi connectivity index (χ3n) is 4.74. The van der Waals surface area contributed by atoms with Gasteiger partial charge in [-0.05, 0) is 61.7 Å². The summed E-state index contributed by atoms with van der Waals surface area (Å²) in [6.45, 7) is 1.68. The van der Waals surface area contributed by atoms with E-state index in [0.29, 0.717) is 10.7 Å². The van der Waals surface area contributed by atoms with E-state index in [0.717, 1.165) is 29.3 Å². The van der Waals surface area contributed by atoms with Gasteiger partial charge in [-0.3, -0.25) is 9.10 Å². The molecular formula is C20H23Cl2N3O3S. The maximum absolute atomic E-state index is 12.5. The Labute approximate surface area is 181 Å². The fourth-order valence-corrected chi connectivity index (χ4v) is 4.73. The van der Waals surface area contributed by atoms with Crippen molar-refractivity contribution in [2.24, 2.45) is 0 Å². The van der Waals surface area contributed by atoms with Crippen LogP contribution in [0.4, 0.5) is 17.1 Å². The van der Waals surface area contributed by atoms with E-state index in [4.69, 9.17) is 23.2 Å². The average Bonchev–Trinajstić information content (AvgIpc) is 2.67. The second-order valence-corrected chi connectivity index (χ2v) is 9.76. The standard InChI is InChI=1S/C20H23Cl2N3O3S/c1-29(27,28)25(19-10-5-15(21)13-18(19)22)14-20(26)23-16-6-8-17(9-7-16)24-11-3-2-4-12-24/h5-10,13H,2-4,11-12,14H2,1H3,(H,23,26). The first-order chi connectivity index (χ1) is 13.7. The fraction of sp³-hybridized carbons (Fsp3) is 0.350. The minimum Gasteiger partial charge on any atom is -0.372 e. The molecule has 3 rings (SSSR count). The van der Waals surface area contributed by atoms with Crippen molar-refractivity contribution in [1.82, 2.24) is 0 Å². The summed E-state index contributed by atoms with van der Waals surface area (Å²) in [7, 11) is -3.72. The van der Waals surface area contributed by atoms with Crippen molar-refractivity contribution >= 4 is 56.2 Å². The van der Waals surface area contributed by atoms with E-state index in [9.17, 15) is 13.2 Å². The molecule has 0 aromatic heterocycles. The van der Waals surface area contributed by atoms with Gasteiger partial charge in [0.25, 0.3) is 0 Å². The minimum absolute atomic E-state index is 0.154. The van der Waals surface area contributed by atoms with Gasteiger partial charge in [-0.2, -0.15) is 0 Å². The number of hydrogen-bond donors (Lipinski definition) is 1. The molecule has 9 heteroatoms. The summed E-state index contributed by atoms with van der Waals surface area (Å²) in [6, 6.07) is 12.0. The molecule has 1 amide bonds. The van der Waals surface area contributed by atoms with E-state index in [1.54, 1.807) is 0 Å². The van der Waals surface area contributed by atoms with Crippen molar-refractivity contribution in [1.29, 1.82) is 0 Å². The molecule has 0 atom stereocenters. The molecule has 156 valence electrons. The number of sulfonamides is 1. The van der Waals surface area contributed by atoms with Crippen LogP contribution in [0, 0.1) is 0 Å². The Morgan fingerprint density at radius 1 is 1.07 bits per heavy atom. The number of amides is 1. The second kappa shape index (κ2) is 9.24. The van der Waals surface area contributed by atoms with Gasteiger partial charge in [-0.15, -0.1) is 0 Å². The number of anilines is 3. The molecule has 2 aromatic carbocycles. The molecule has 29 heavy (non-hydrogen) atoms. The summed E-state index contributed by atoms with van der Waals surface area (Å²) in [6.07, 6.45) is 4.66. The van der Waals surface area contributed by atoms with Crippen molar-refractivity contribution in [2.45, 2.75) is 19.3 Å². The monoisotopic (exact) mass is 455 g/mol. The Balaban J connectivity index is 1.70. The number of benzene rings is 2. The average molecular weight is 456 g/mol. The lowest BCUT2D eigenvalue weighted by Gasteiger charge is -2.29. The summed E-state index contributed by atoms with van der Waals surface area (Å²) in [4.78, 5) is 14.8. The van der Waals surface area contributed by atoms with Crippen LogP contribution < -0.4 is 14.5 Å². The number of hydrogen-bond acceptors (Lipinski definition) is 4. The largest absolute Gasteiger partial charge is 0.372 e. The highest BCUT2D eigenvalue weighted by Crippen LogP contribution is 2.30. The fourth-order valence-electron chi connectivity index (χ4n) is 3.30. The summed E-state index contributed by atoms with van der Waals surface area (Å²) in [5, 5.41) is 3.28. The van der Waals surface area contributed by atoms with Gasteiger partial charge >= 0.3 is 0 Å². The maximum atomic E-state index is 12.5. The van der Waals surface area contributed by atoms with Gasteiger partial charge in [0.05, 0.1) is 17.0 Å². The van der Waals surface area contributed by atoms with Gasteiger partial charge in [0.1, 0.15) is 6.54 Å². The first kappa shape index (κ1) is 21.7. The molecular weight excluding hydrogens is 433 g/mol. The van der Waals surface area contributed by atoms with E-state index in [-0.39, 0.29) is 10.7 Å². The van der Waals surface area contributed by atoms with Gasteiger partial charge in [-0.1, -0.05) is 23.2 Å². The topological polar surface area (TPSA) is 69.7 Å². The SMILES string of the molecule is CS(=O)(=O)N(CC(=O)Nc1ccc(N2CCCCC2)cc1)c1ccc(Cl)cc1Cl. The Kier molecular flexibility index (Phi) is 6.93. The third-order valence-corrected chi connectivity index (χ3v) is 6.40. The normalized spacial score (nSPS) is 14.5. The van der Waals surface area contributed by atoms with Gasteiger partial charge in [-0.25, -0.2) is 8.42 Å². The van der Waals surface area contributed by atoms with Crippen LogP contribution in [0.15, 0.2) is 42.5 Å². The van der Waals surface area contributed by atoms with E-state index in [1.165, 1.54) is 37.5 Å². The number of carbonyl (C=O) groups excluding carboxylic acids is 1. The smallest absolute Gasteiger partial charge is 0.245 e. The van der Waals surface area contributed by atoms with Crippen molar-refractivity contribution in [2.75, 3.05) is 40.4 Å². The van der Waals surface area contributed by atoms with E-state index < -0.39 is 22.5 Å². The Morgan fingerprint density at radius 3 is 2.31 bits per heavy atom. The van der Waals surface area contributed by atoms with Crippen molar-refractivity contribution < 1.29 is 13.2 Å². The van der Waals surface area contributed by atoms with Crippen molar-refractivity contribution in [3.05, 3.63) is 52.5 Å². The quantitative estimate of drug-likeness (QED) is 0.700. The highest BCUT2D eigenvalue weighted by Gasteiger charge is 2.23. The highest BCUT2D eigenvalue weighted by molar-refractivity contribution is 7.92. The van der Waals surface area contributed by atoms with Crippen molar-refractivity contribution in [3.8, 4) is 0 Å². The zero-order chi connectivity index (χ0) is 21.0. The number of halogens is 2. The second-order valence-electron chi connectivity index (χ2n) is 7.01. The summed E-state index contributed by atoms with van der Waals surface area (Å²) in [5.74, 6) is -0.466. The summed E-state index contributed by atoms with van der Waals surface area (Å²) >= 11 is 12.0. The van der Waals surface area contributed by atoms with Gasteiger partial charge in [0, 0.05) is 29.5 Å². The number of nitrogens with one attached hydrogen (secondary N) is 1. The molecule has 0 radical (unpaired) electrons.